The maximum absolute atomic E-state index is 12.6. The molecule has 1 fully saturated rings. The van der Waals surface area contributed by atoms with Gasteiger partial charge in [-0.2, -0.15) is 0 Å². The molecule has 24 heavy (non-hydrogen) atoms. The minimum absolute atomic E-state index is 0.0493. The molecule has 0 aliphatic carbocycles. The van der Waals surface area contributed by atoms with Crippen LogP contribution in [0.25, 0.3) is 0 Å². The molecule has 1 atom stereocenters. The number of amides is 2. The summed E-state index contributed by atoms with van der Waals surface area (Å²) in [4.78, 5) is 26.0. The van der Waals surface area contributed by atoms with E-state index in [0.29, 0.717) is 16.5 Å². The summed E-state index contributed by atoms with van der Waals surface area (Å²) in [5.74, 6) is 0.0249. The van der Waals surface area contributed by atoms with Crippen LogP contribution in [0.3, 0.4) is 0 Å². The van der Waals surface area contributed by atoms with Crippen molar-refractivity contribution in [1.82, 2.24) is 0 Å². The van der Waals surface area contributed by atoms with E-state index in [0.717, 1.165) is 10.6 Å². The number of rotatable bonds is 4. The van der Waals surface area contributed by atoms with E-state index in [1.807, 2.05) is 0 Å². The number of nitrogens with zero attached hydrogens (tertiary/aromatic N) is 1. The van der Waals surface area contributed by atoms with Gasteiger partial charge in [0.05, 0.1) is 29.3 Å². The van der Waals surface area contributed by atoms with Crippen LogP contribution in [-0.2, 0) is 9.59 Å². The van der Waals surface area contributed by atoms with Gasteiger partial charge in [0.2, 0.25) is 5.91 Å². The molecule has 0 aromatic heterocycles. The Morgan fingerprint density at radius 1 is 1.12 bits per heavy atom. The first-order chi connectivity index (χ1) is 11.5. The molecule has 1 saturated heterocycles. The minimum atomic E-state index is -0.652. The van der Waals surface area contributed by atoms with Crippen molar-refractivity contribution in [3.05, 3.63) is 52.5 Å². The van der Waals surface area contributed by atoms with Gasteiger partial charge >= 0.3 is 0 Å². The lowest BCUT2D eigenvalue weighted by molar-refractivity contribution is -0.121. The van der Waals surface area contributed by atoms with Gasteiger partial charge in [0.1, 0.15) is 11.8 Å². The lowest BCUT2D eigenvalue weighted by Crippen LogP contribution is -2.35. The minimum Gasteiger partial charge on any atom is -0.497 e. The number of carbonyl (C=O) groups excluding carboxylic acids is 2. The Morgan fingerprint density at radius 3 is 2.50 bits per heavy atom. The third kappa shape index (κ3) is 3.05. The molecule has 5 nitrogen and oxygen atoms in total. The zero-order chi connectivity index (χ0) is 17.3. The molecule has 7 heteroatoms. The fourth-order valence-corrected chi connectivity index (χ4v) is 2.93. The zero-order valence-electron chi connectivity index (χ0n) is 12.8. The average molecular weight is 365 g/mol. The molecule has 2 aromatic carbocycles. The molecule has 1 heterocycles. The molecule has 0 bridgehead atoms. The van der Waals surface area contributed by atoms with Crippen molar-refractivity contribution in [3.8, 4) is 5.75 Å². The highest BCUT2D eigenvalue weighted by molar-refractivity contribution is 6.45. The third-order valence-electron chi connectivity index (χ3n) is 3.75. The van der Waals surface area contributed by atoms with Gasteiger partial charge in [-0.3, -0.25) is 9.59 Å². The van der Waals surface area contributed by atoms with E-state index in [4.69, 9.17) is 27.9 Å². The summed E-state index contributed by atoms with van der Waals surface area (Å²) in [5, 5.41) is 3.54. The SMILES string of the molecule is COc1ccc(N[C@H]2CC(=O)N(c3cccc(Cl)c3Cl)C2=O)cc1. The Labute approximate surface area is 149 Å². The second kappa shape index (κ2) is 6.71. The number of hydrogen-bond donors (Lipinski definition) is 1. The molecule has 0 radical (unpaired) electrons. The second-order valence-corrected chi connectivity index (χ2v) is 6.06. The largest absolute Gasteiger partial charge is 0.497 e. The van der Waals surface area contributed by atoms with Crippen LogP contribution in [0.4, 0.5) is 11.4 Å². The Balaban J connectivity index is 1.82. The summed E-state index contributed by atoms with van der Waals surface area (Å²) in [6.45, 7) is 0. The predicted octanol–water partition coefficient (Wildman–Crippen LogP) is 3.75. The molecule has 2 aromatic rings. The topological polar surface area (TPSA) is 58.6 Å². The highest BCUT2D eigenvalue weighted by Crippen LogP contribution is 2.35. The maximum Gasteiger partial charge on any atom is 0.256 e. The first-order valence-electron chi connectivity index (χ1n) is 7.22. The average Bonchev–Trinajstić information content (AvgIpc) is 2.85. The number of carbonyl (C=O) groups is 2. The van der Waals surface area contributed by atoms with Gasteiger partial charge in [0.15, 0.2) is 0 Å². The molecular formula is C17H14Cl2N2O3. The van der Waals surface area contributed by atoms with Gasteiger partial charge in [-0.05, 0) is 36.4 Å². The summed E-state index contributed by atoms with van der Waals surface area (Å²) in [6.07, 6.45) is 0.0493. The van der Waals surface area contributed by atoms with Crippen molar-refractivity contribution in [2.24, 2.45) is 0 Å². The van der Waals surface area contributed by atoms with Gasteiger partial charge in [0, 0.05) is 5.69 Å². The normalized spacial score (nSPS) is 17.3. The molecular weight excluding hydrogens is 351 g/mol. The van der Waals surface area contributed by atoms with Crippen LogP contribution in [0, 0.1) is 0 Å². The van der Waals surface area contributed by atoms with Gasteiger partial charge in [-0.25, -0.2) is 4.90 Å². The number of nitrogens with one attached hydrogen (secondary N) is 1. The monoisotopic (exact) mass is 364 g/mol. The van der Waals surface area contributed by atoms with Crippen molar-refractivity contribution in [3.63, 3.8) is 0 Å². The number of anilines is 2. The summed E-state index contributed by atoms with van der Waals surface area (Å²) < 4.78 is 5.09. The van der Waals surface area contributed by atoms with Crippen molar-refractivity contribution in [1.29, 1.82) is 0 Å². The number of benzene rings is 2. The van der Waals surface area contributed by atoms with Crippen LogP contribution < -0.4 is 15.0 Å². The third-order valence-corrected chi connectivity index (χ3v) is 4.56. The Hall–Kier alpha value is -2.24. The second-order valence-electron chi connectivity index (χ2n) is 5.27. The zero-order valence-corrected chi connectivity index (χ0v) is 14.3. The summed E-state index contributed by atoms with van der Waals surface area (Å²) in [6, 6.07) is 11.3. The molecule has 0 spiro atoms. The van der Waals surface area contributed by atoms with Crippen molar-refractivity contribution in [2.45, 2.75) is 12.5 Å². The van der Waals surface area contributed by atoms with Crippen LogP contribution >= 0.6 is 23.2 Å². The fourth-order valence-electron chi connectivity index (χ4n) is 2.55. The van der Waals surface area contributed by atoms with E-state index in [1.54, 1.807) is 49.6 Å². The Kier molecular flexibility index (Phi) is 4.64. The Bertz CT molecular complexity index is 793. The standard InChI is InChI=1S/C17H14Cl2N2O3/c1-24-11-7-5-10(6-8-11)20-13-9-15(22)21(17(13)23)14-4-2-3-12(18)16(14)19/h2-8,13,20H,9H2,1H3/t13-/m0/s1. The maximum atomic E-state index is 12.6. The lowest BCUT2D eigenvalue weighted by atomic mass is 10.2. The quantitative estimate of drug-likeness (QED) is 0.839. The molecule has 124 valence electrons. The van der Waals surface area contributed by atoms with E-state index in [-0.39, 0.29) is 23.3 Å². The number of ether oxygens (including phenoxy) is 1. The molecule has 2 amide bonds. The molecule has 1 aliphatic heterocycles. The van der Waals surface area contributed by atoms with Gasteiger partial charge in [-0.15, -0.1) is 0 Å². The molecule has 1 aliphatic rings. The van der Waals surface area contributed by atoms with E-state index >= 15 is 0 Å². The summed E-state index contributed by atoms with van der Waals surface area (Å²) >= 11 is 12.1. The fraction of sp³-hybridized carbons (Fsp3) is 0.176. The van der Waals surface area contributed by atoms with Crippen molar-refractivity contribution < 1.29 is 14.3 Å². The molecule has 1 N–H and O–H groups in total. The van der Waals surface area contributed by atoms with Gasteiger partial charge in [0.25, 0.3) is 5.91 Å². The molecule has 0 unspecified atom stereocenters. The number of imide groups is 1. The van der Waals surface area contributed by atoms with E-state index < -0.39 is 6.04 Å². The summed E-state index contributed by atoms with van der Waals surface area (Å²) in [5.41, 5.74) is 1.03. The first-order valence-corrected chi connectivity index (χ1v) is 7.98. The molecule has 0 saturated carbocycles. The van der Waals surface area contributed by atoms with Crippen molar-refractivity contribution in [2.75, 3.05) is 17.3 Å². The lowest BCUT2D eigenvalue weighted by Gasteiger charge is -2.17. The highest BCUT2D eigenvalue weighted by atomic mass is 35.5. The number of methoxy groups -OCH3 is 1. The van der Waals surface area contributed by atoms with Gasteiger partial charge < -0.3 is 10.1 Å². The van der Waals surface area contributed by atoms with Crippen LogP contribution in [-0.4, -0.2) is 25.0 Å². The predicted molar refractivity (Wildman–Crippen MR) is 94.0 cm³/mol. The Morgan fingerprint density at radius 2 is 1.83 bits per heavy atom. The smallest absolute Gasteiger partial charge is 0.256 e. The number of halogens is 2. The molecule has 3 rings (SSSR count). The van der Waals surface area contributed by atoms with Crippen LogP contribution in [0.15, 0.2) is 42.5 Å². The van der Waals surface area contributed by atoms with E-state index in [9.17, 15) is 9.59 Å². The highest BCUT2D eigenvalue weighted by Gasteiger charge is 2.40. The first kappa shape index (κ1) is 16.6. The van der Waals surface area contributed by atoms with Gasteiger partial charge in [-0.1, -0.05) is 29.3 Å². The van der Waals surface area contributed by atoms with E-state index in [2.05, 4.69) is 5.32 Å². The summed E-state index contributed by atoms with van der Waals surface area (Å²) in [7, 11) is 1.58. The van der Waals surface area contributed by atoms with Crippen molar-refractivity contribution >= 4 is 46.4 Å². The van der Waals surface area contributed by atoms with Crippen LogP contribution in [0.2, 0.25) is 10.0 Å². The van der Waals surface area contributed by atoms with E-state index in [1.165, 1.54) is 0 Å². The number of hydrogen-bond acceptors (Lipinski definition) is 4. The van der Waals surface area contributed by atoms with Crippen LogP contribution in [0.1, 0.15) is 6.42 Å². The van der Waals surface area contributed by atoms with Crippen LogP contribution in [0.5, 0.6) is 5.75 Å².